The van der Waals surface area contributed by atoms with Crippen LogP contribution in [0.4, 0.5) is 4.79 Å². The second-order valence-corrected chi connectivity index (χ2v) is 9.76. The first kappa shape index (κ1) is 21.2. The standard InChI is InChI=1S/C26H29N5O2/c1-16-11-21-22(18-6-8-30(9-7-18)25(32)33-26(3,4)5)13-27-23(21)12-20(16)19-10-17(2)24-28-15-29-31(24)14-19/h6,10-15,27H,7-9H2,1-5H3. The number of fused-ring (bicyclic) bond motifs is 2. The van der Waals surface area contributed by atoms with Crippen molar-refractivity contribution in [1.29, 1.82) is 0 Å². The Morgan fingerprint density at radius 3 is 2.67 bits per heavy atom. The van der Waals surface area contributed by atoms with Crippen molar-refractivity contribution < 1.29 is 9.53 Å². The first-order chi connectivity index (χ1) is 15.7. The Hall–Kier alpha value is -3.61. The van der Waals surface area contributed by atoms with Gasteiger partial charge in [-0.05, 0) is 81.5 Å². The Kier molecular flexibility index (Phi) is 5.00. The van der Waals surface area contributed by atoms with Crippen molar-refractivity contribution in [2.24, 2.45) is 0 Å². The van der Waals surface area contributed by atoms with Gasteiger partial charge in [0.05, 0.1) is 0 Å². The summed E-state index contributed by atoms with van der Waals surface area (Å²) in [6, 6.07) is 6.62. The highest BCUT2D eigenvalue weighted by molar-refractivity contribution is 5.96. The molecule has 1 aliphatic heterocycles. The van der Waals surface area contributed by atoms with Gasteiger partial charge < -0.3 is 14.6 Å². The van der Waals surface area contributed by atoms with E-state index in [1.807, 2.05) is 31.5 Å². The number of aryl methyl sites for hydroxylation is 2. The summed E-state index contributed by atoms with van der Waals surface area (Å²) >= 11 is 0. The van der Waals surface area contributed by atoms with Crippen molar-refractivity contribution in [2.75, 3.05) is 13.1 Å². The number of amides is 1. The molecular formula is C26H29N5O2. The molecular weight excluding hydrogens is 414 g/mol. The summed E-state index contributed by atoms with van der Waals surface area (Å²) in [5.74, 6) is 0. The highest BCUT2D eigenvalue weighted by Crippen LogP contribution is 2.34. The molecule has 0 aliphatic carbocycles. The summed E-state index contributed by atoms with van der Waals surface area (Å²) < 4.78 is 7.35. The van der Waals surface area contributed by atoms with Gasteiger partial charge in [-0.2, -0.15) is 5.10 Å². The maximum Gasteiger partial charge on any atom is 0.410 e. The second-order valence-electron chi connectivity index (χ2n) is 9.76. The second kappa shape index (κ2) is 7.76. The van der Waals surface area contributed by atoms with Gasteiger partial charge in [0.25, 0.3) is 0 Å². The number of ether oxygens (including phenoxy) is 1. The van der Waals surface area contributed by atoms with E-state index < -0.39 is 5.60 Å². The zero-order valence-corrected chi connectivity index (χ0v) is 19.8. The molecule has 0 spiro atoms. The Morgan fingerprint density at radius 2 is 1.94 bits per heavy atom. The van der Waals surface area contributed by atoms with Crippen molar-refractivity contribution in [3.05, 3.63) is 59.7 Å². The van der Waals surface area contributed by atoms with E-state index >= 15 is 0 Å². The lowest BCUT2D eigenvalue weighted by Crippen LogP contribution is -2.39. The van der Waals surface area contributed by atoms with E-state index in [4.69, 9.17) is 4.74 Å². The molecule has 4 aromatic rings. The number of rotatable bonds is 2. The Morgan fingerprint density at radius 1 is 1.12 bits per heavy atom. The van der Waals surface area contributed by atoms with Gasteiger partial charge in [0.2, 0.25) is 0 Å². The van der Waals surface area contributed by atoms with Crippen molar-refractivity contribution in [2.45, 2.75) is 46.6 Å². The molecule has 1 aromatic carbocycles. The Bertz CT molecular complexity index is 1400. The van der Waals surface area contributed by atoms with Gasteiger partial charge in [0, 0.05) is 47.5 Å². The van der Waals surface area contributed by atoms with E-state index in [9.17, 15) is 4.79 Å². The van der Waals surface area contributed by atoms with E-state index in [1.165, 1.54) is 27.6 Å². The highest BCUT2D eigenvalue weighted by Gasteiger charge is 2.24. The molecule has 0 saturated heterocycles. The molecule has 0 fully saturated rings. The van der Waals surface area contributed by atoms with Crippen LogP contribution >= 0.6 is 0 Å². The average molecular weight is 444 g/mol. The number of hydrogen-bond acceptors (Lipinski definition) is 4. The number of hydrogen-bond donors (Lipinski definition) is 1. The van der Waals surface area contributed by atoms with Gasteiger partial charge in [0.15, 0.2) is 5.65 Å². The molecule has 0 radical (unpaired) electrons. The van der Waals surface area contributed by atoms with E-state index in [2.05, 4.69) is 59.4 Å². The molecule has 170 valence electrons. The minimum absolute atomic E-state index is 0.253. The normalized spacial score (nSPS) is 14.7. The van der Waals surface area contributed by atoms with Crippen LogP contribution in [0.15, 0.2) is 43.0 Å². The van der Waals surface area contributed by atoms with Crippen LogP contribution in [0.2, 0.25) is 0 Å². The lowest BCUT2D eigenvalue weighted by molar-refractivity contribution is 0.0270. The fraction of sp³-hybridized carbons (Fsp3) is 0.346. The van der Waals surface area contributed by atoms with Crippen molar-refractivity contribution in [3.63, 3.8) is 0 Å². The van der Waals surface area contributed by atoms with Crippen LogP contribution in [-0.4, -0.2) is 49.3 Å². The molecule has 0 saturated carbocycles. The number of nitrogens with one attached hydrogen (secondary N) is 1. The monoisotopic (exact) mass is 443 g/mol. The third kappa shape index (κ3) is 3.99. The number of carbonyl (C=O) groups excluding carboxylic acids is 1. The number of aromatic nitrogens is 4. The van der Waals surface area contributed by atoms with Crippen molar-refractivity contribution >= 4 is 28.2 Å². The van der Waals surface area contributed by atoms with Crippen LogP contribution in [0.1, 0.15) is 43.9 Å². The van der Waals surface area contributed by atoms with E-state index in [-0.39, 0.29) is 6.09 Å². The zero-order chi connectivity index (χ0) is 23.3. The van der Waals surface area contributed by atoms with E-state index in [0.717, 1.165) is 28.7 Å². The Balaban J connectivity index is 1.45. The van der Waals surface area contributed by atoms with E-state index in [1.54, 1.807) is 11.2 Å². The lowest BCUT2D eigenvalue weighted by Gasteiger charge is -2.29. The van der Waals surface area contributed by atoms with Crippen LogP contribution in [-0.2, 0) is 4.74 Å². The highest BCUT2D eigenvalue weighted by atomic mass is 16.6. The predicted octanol–water partition coefficient (Wildman–Crippen LogP) is 5.52. The molecule has 33 heavy (non-hydrogen) atoms. The number of aromatic amines is 1. The van der Waals surface area contributed by atoms with Crippen LogP contribution in [0.5, 0.6) is 0 Å². The summed E-state index contributed by atoms with van der Waals surface area (Å²) in [6.45, 7) is 11.1. The molecule has 1 aliphatic rings. The molecule has 4 heterocycles. The largest absolute Gasteiger partial charge is 0.444 e. The number of benzene rings is 1. The maximum absolute atomic E-state index is 12.4. The van der Waals surface area contributed by atoms with Crippen LogP contribution < -0.4 is 0 Å². The minimum atomic E-state index is -0.482. The summed E-state index contributed by atoms with van der Waals surface area (Å²) in [5.41, 5.74) is 8.54. The minimum Gasteiger partial charge on any atom is -0.444 e. The molecule has 7 nitrogen and oxygen atoms in total. The maximum atomic E-state index is 12.4. The summed E-state index contributed by atoms with van der Waals surface area (Å²) in [7, 11) is 0. The lowest BCUT2D eigenvalue weighted by atomic mass is 9.95. The molecule has 5 rings (SSSR count). The van der Waals surface area contributed by atoms with Gasteiger partial charge in [-0.3, -0.25) is 0 Å². The predicted molar refractivity (Wildman–Crippen MR) is 130 cm³/mol. The van der Waals surface area contributed by atoms with Crippen LogP contribution in [0.25, 0.3) is 33.3 Å². The third-order valence-electron chi connectivity index (χ3n) is 6.10. The fourth-order valence-electron chi connectivity index (χ4n) is 4.50. The third-order valence-corrected chi connectivity index (χ3v) is 6.10. The SMILES string of the molecule is Cc1cc2c(C3=CCN(C(=O)OC(C)(C)C)CC3)c[nH]c2cc1-c1cc(C)c2ncnn2c1. The van der Waals surface area contributed by atoms with E-state index in [0.29, 0.717) is 13.1 Å². The quantitative estimate of drug-likeness (QED) is 0.443. The van der Waals surface area contributed by atoms with Crippen LogP contribution in [0, 0.1) is 13.8 Å². The number of H-pyrrole nitrogens is 1. The molecule has 3 aromatic heterocycles. The number of carbonyl (C=O) groups is 1. The number of pyridine rings is 1. The van der Waals surface area contributed by atoms with Crippen molar-refractivity contribution in [3.8, 4) is 11.1 Å². The molecule has 7 heteroatoms. The van der Waals surface area contributed by atoms with Gasteiger partial charge in [-0.25, -0.2) is 14.3 Å². The average Bonchev–Trinajstić information content (AvgIpc) is 3.39. The molecule has 1 N–H and O–H groups in total. The van der Waals surface area contributed by atoms with Crippen LogP contribution in [0.3, 0.4) is 0 Å². The first-order valence-corrected chi connectivity index (χ1v) is 11.3. The molecule has 0 atom stereocenters. The molecule has 0 bridgehead atoms. The topological polar surface area (TPSA) is 75.5 Å². The van der Waals surface area contributed by atoms with Crippen molar-refractivity contribution in [1.82, 2.24) is 24.5 Å². The molecule has 1 amide bonds. The van der Waals surface area contributed by atoms with Gasteiger partial charge in [-0.15, -0.1) is 0 Å². The number of nitrogens with zero attached hydrogens (tertiary/aromatic N) is 4. The Labute approximate surface area is 193 Å². The summed E-state index contributed by atoms with van der Waals surface area (Å²) in [4.78, 5) is 21.9. The van der Waals surface area contributed by atoms with Gasteiger partial charge >= 0.3 is 6.09 Å². The molecule has 0 unspecified atom stereocenters. The smallest absolute Gasteiger partial charge is 0.410 e. The fourth-order valence-corrected chi connectivity index (χ4v) is 4.50. The first-order valence-electron chi connectivity index (χ1n) is 11.3. The summed E-state index contributed by atoms with van der Waals surface area (Å²) in [5, 5.41) is 5.52. The zero-order valence-electron chi connectivity index (χ0n) is 19.8. The van der Waals surface area contributed by atoms with Gasteiger partial charge in [0.1, 0.15) is 11.9 Å². The van der Waals surface area contributed by atoms with Gasteiger partial charge in [-0.1, -0.05) is 6.08 Å². The summed E-state index contributed by atoms with van der Waals surface area (Å²) in [6.07, 6.45) is 8.38.